The lowest BCUT2D eigenvalue weighted by Crippen LogP contribution is -2.01. The average Bonchev–Trinajstić information content (AvgIpc) is 3.32. The summed E-state index contributed by atoms with van der Waals surface area (Å²) in [6.45, 7) is 0. The molecule has 0 saturated heterocycles. The van der Waals surface area contributed by atoms with E-state index in [1.807, 2.05) is 60.7 Å². The molecule has 0 saturated carbocycles. The summed E-state index contributed by atoms with van der Waals surface area (Å²) in [5.41, 5.74) is 3.39. The lowest BCUT2D eigenvalue weighted by molar-refractivity contribution is 0.0985. The van der Waals surface area contributed by atoms with Crippen LogP contribution in [0.3, 0.4) is 0 Å². The smallest absolute Gasteiger partial charge is 0.264 e. The van der Waals surface area contributed by atoms with Crippen LogP contribution in [0.15, 0.2) is 94.2 Å². The van der Waals surface area contributed by atoms with E-state index in [1.165, 1.54) is 12.5 Å². The van der Waals surface area contributed by atoms with Gasteiger partial charge < -0.3 is 8.83 Å². The van der Waals surface area contributed by atoms with Gasteiger partial charge in [-0.2, -0.15) is 0 Å². The summed E-state index contributed by atoms with van der Waals surface area (Å²) in [5.74, 6) is 0.310. The molecule has 2 heterocycles. The van der Waals surface area contributed by atoms with Gasteiger partial charge in [0, 0.05) is 11.1 Å². The molecule has 4 rings (SSSR count). The number of carbonyl (C=O) groups excluding carboxylic acids is 1. The van der Waals surface area contributed by atoms with E-state index in [0.717, 1.165) is 22.3 Å². The van der Waals surface area contributed by atoms with Gasteiger partial charge in [0.1, 0.15) is 0 Å². The second kappa shape index (κ2) is 6.05. The summed E-state index contributed by atoms with van der Waals surface area (Å²) < 4.78 is 11.0. The highest BCUT2D eigenvalue weighted by Gasteiger charge is 2.24. The van der Waals surface area contributed by atoms with Gasteiger partial charge in [-0.15, -0.1) is 0 Å². The van der Waals surface area contributed by atoms with E-state index in [-0.39, 0.29) is 17.3 Å². The van der Waals surface area contributed by atoms with Crippen molar-refractivity contribution in [2.75, 3.05) is 0 Å². The van der Waals surface area contributed by atoms with Crippen LogP contribution < -0.4 is 0 Å². The maximum Gasteiger partial charge on any atom is 0.264 e. The first-order chi connectivity index (χ1) is 11.8. The van der Waals surface area contributed by atoms with E-state index in [9.17, 15) is 4.79 Å². The van der Waals surface area contributed by atoms with Crippen molar-refractivity contribution in [3.8, 4) is 22.3 Å². The molecule has 116 valence electrons. The number of hydrogen-bond donors (Lipinski definition) is 0. The summed E-state index contributed by atoms with van der Waals surface area (Å²) in [7, 11) is 0. The van der Waals surface area contributed by atoms with Gasteiger partial charge in [-0.3, -0.25) is 4.79 Å². The van der Waals surface area contributed by atoms with Crippen molar-refractivity contribution in [1.82, 2.24) is 0 Å². The molecule has 2 aromatic carbocycles. The second-order valence-electron chi connectivity index (χ2n) is 5.39. The molecular formula is C21H14O3. The van der Waals surface area contributed by atoms with E-state index >= 15 is 0 Å². The van der Waals surface area contributed by atoms with Crippen LogP contribution in [0.1, 0.15) is 16.3 Å². The fourth-order valence-electron chi connectivity index (χ4n) is 2.76. The minimum atomic E-state index is -0.261. The van der Waals surface area contributed by atoms with Crippen molar-refractivity contribution >= 4 is 5.78 Å². The minimum absolute atomic E-state index is 0.261. The molecule has 2 aromatic heterocycles. The number of benzene rings is 2. The fourth-order valence-corrected chi connectivity index (χ4v) is 2.76. The monoisotopic (exact) mass is 314 g/mol. The van der Waals surface area contributed by atoms with Crippen LogP contribution in [-0.2, 0) is 0 Å². The molecule has 24 heavy (non-hydrogen) atoms. The molecule has 0 fully saturated rings. The molecule has 3 nitrogen and oxygen atoms in total. The molecule has 0 spiro atoms. The van der Waals surface area contributed by atoms with E-state index < -0.39 is 0 Å². The largest absolute Gasteiger partial charge is 0.460 e. The molecular weight excluding hydrogens is 300 g/mol. The van der Waals surface area contributed by atoms with Crippen molar-refractivity contribution in [1.29, 1.82) is 0 Å². The predicted octanol–water partition coefficient (Wildman–Crippen LogP) is 5.44. The molecule has 0 atom stereocenters. The summed E-state index contributed by atoms with van der Waals surface area (Å²) in [6.07, 6.45) is 3.06. The first kappa shape index (κ1) is 14.3. The summed E-state index contributed by atoms with van der Waals surface area (Å²) in [4.78, 5) is 13.0. The van der Waals surface area contributed by atoms with E-state index in [2.05, 4.69) is 0 Å². The Morgan fingerprint density at radius 2 is 1.00 bits per heavy atom. The van der Waals surface area contributed by atoms with Gasteiger partial charge in [-0.1, -0.05) is 60.7 Å². The van der Waals surface area contributed by atoms with Crippen molar-refractivity contribution in [3.63, 3.8) is 0 Å². The van der Waals surface area contributed by atoms with E-state index in [0.29, 0.717) is 0 Å². The number of ketones is 1. The van der Waals surface area contributed by atoms with E-state index in [4.69, 9.17) is 8.83 Å². The summed E-state index contributed by atoms with van der Waals surface area (Å²) in [5, 5.41) is 0. The third-order valence-electron chi connectivity index (χ3n) is 3.91. The Labute approximate surface area is 139 Å². The number of furan rings is 2. The lowest BCUT2D eigenvalue weighted by atomic mass is 10.00. The molecule has 0 N–H and O–H groups in total. The molecule has 0 aliphatic rings. The Morgan fingerprint density at radius 3 is 1.42 bits per heavy atom. The van der Waals surface area contributed by atoms with Crippen molar-refractivity contribution in [2.24, 2.45) is 0 Å². The maximum absolute atomic E-state index is 13.0. The molecule has 0 amide bonds. The predicted molar refractivity (Wildman–Crippen MR) is 91.7 cm³/mol. The van der Waals surface area contributed by atoms with Crippen LogP contribution in [0.4, 0.5) is 0 Å². The standard InChI is InChI=1S/C21H14O3/c22-19(20-17(11-13-23-20)15-7-3-1-4-8-15)21-18(12-14-24-21)16-9-5-2-6-10-16/h1-14H. The Morgan fingerprint density at radius 1 is 0.583 bits per heavy atom. The average molecular weight is 314 g/mol. The normalized spacial score (nSPS) is 10.7. The molecule has 0 aliphatic carbocycles. The van der Waals surface area contributed by atoms with Crippen LogP contribution in [0.5, 0.6) is 0 Å². The number of rotatable bonds is 4. The summed E-state index contributed by atoms with van der Waals surface area (Å²) in [6, 6.07) is 23.0. The molecule has 0 aliphatic heterocycles. The minimum Gasteiger partial charge on any atom is -0.460 e. The molecule has 0 unspecified atom stereocenters. The topological polar surface area (TPSA) is 43.4 Å². The van der Waals surface area contributed by atoms with Gasteiger partial charge in [0.25, 0.3) is 5.78 Å². The van der Waals surface area contributed by atoms with E-state index in [1.54, 1.807) is 12.1 Å². The van der Waals surface area contributed by atoms with Gasteiger partial charge in [-0.05, 0) is 23.3 Å². The third-order valence-corrected chi connectivity index (χ3v) is 3.91. The Hall–Kier alpha value is -3.33. The van der Waals surface area contributed by atoms with Crippen molar-refractivity contribution in [2.45, 2.75) is 0 Å². The second-order valence-corrected chi connectivity index (χ2v) is 5.39. The van der Waals surface area contributed by atoms with Gasteiger partial charge >= 0.3 is 0 Å². The molecule has 4 aromatic rings. The zero-order chi connectivity index (χ0) is 16.4. The molecule has 0 radical (unpaired) electrons. The maximum atomic E-state index is 13.0. The van der Waals surface area contributed by atoms with Gasteiger partial charge in [0.2, 0.25) is 0 Å². The van der Waals surface area contributed by atoms with Crippen molar-refractivity contribution in [3.05, 3.63) is 96.8 Å². The Kier molecular flexibility index (Phi) is 3.60. The Balaban J connectivity index is 1.78. The first-order valence-electron chi connectivity index (χ1n) is 7.65. The SMILES string of the molecule is O=C(c1occc1-c1ccccc1)c1occc1-c1ccccc1. The van der Waals surface area contributed by atoms with Crippen LogP contribution >= 0.6 is 0 Å². The van der Waals surface area contributed by atoms with Gasteiger partial charge in [0.05, 0.1) is 12.5 Å². The molecule has 0 bridgehead atoms. The quantitative estimate of drug-likeness (QED) is 0.471. The summed E-state index contributed by atoms with van der Waals surface area (Å²) >= 11 is 0. The highest BCUT2D eigenvalue weighted by Crippen LogP contribution is 2.31. The van der Waals surface area contributed by atoms with Crippen LogP contribution in [0.2, 0.25) is 0 Å². The Bertz CT molecular complexity index is 883. The lowest BCUT2D eigenvalue weighted by Gasteiger charge is -2.03. The van der Waals surface area contributed by atoms with Crippen LogP contribution in [0.25, 0.3) is 22.3 Å². The number of carbonyl (C=O) groups is 1. The first-order valence-corrected chi connectivity index (χ1v) is 7.65. The fraction of sp³-hybridized carbons (Fsp3) is 0. The molecule has 3 heteroatoms. The van der Waals surface area contributed by atoms with Gasteiger partial charge in [-0.25, -0.2) is 0 Å². The van der Waals surface area contributed by atoms with Gasteiger partial charge in [0.15, 0.2) is 11.5 Å². The zero-order valence-electron chi connectivity index (χ0n) is 12.8. The van der Waals surface area contributed by atoms with Crippen LogP contribution in [0, 0.1) is 0 Å². The number of hydrogen-bond acceptors (Lipinski definition) is 3. The van der Waals surface area contributed by atoms with Crippen molar-refractivity contribution < 1.29 is 13.6 Å². The highest BCUT2D eigenvalue weighted by atomic mass is 16.4. The zero-order valence-corrected chi connectivity index (χ0v) is 12.8. The van der Waals surface area contributed by atoms with Crippen LogP contribution in [-0.4, -0.2) is 5.78 Å². The highest BCUT2D eigenvalue weighted by molar-refractivity contribution is 6.12. The third kappa shape index (κ3) is 2.46.